The minimum atomic E-state index is 0.0898. The molecule has 0 fully saturated rings. The maximum atomic E-state index is 5.88. The Hall–Kier alpha value is -3.68. The summed E-state index contributed by atoms with van der Waals surface area (Å²) in [4.78, 5) is 21.7. The number of aromatic nitrogens is 6. The summed E-state index contributed by atoms with van der Waals surface area (Å²) in [5.41, 5.74) is 4.45. The number of nitrogens with zero attached hydrogens (tertiary/aromatic N) is 6. The summed E-state index contributed by atoms with van der Waals surface area (Å²) < 4.78 is 11.3. The van der Waals surface area contributed by atoms with Crippen LogP contribution in [0.25, 0.3) is 22.9 Å². The molecule has 0 amide bonds. The molecular formula is C23H24N6O2. The highest BCUT2D eigenvalue weighted by Crippen LogP contribution is 2.26. The zero-order chi connectivity index (χ0) is 22.0. The van der Waals surface area contributed by atoms with Crippen molar-refractivity contribution in [1.29, 1.82) is 0 Å². The van der Waals surface area contributed by atoms with E-state index < -0.39 is 0 Å². The number of hydrogen-bond acceptors (Lipinski definition) is 8. The lowest BCUT2D eigenvalue weighted by Gasteiger charge is -2.18. The second-order valence-electron chi connectivity index (χ2n) is 8.28. The van der Waals surface area contributed by atoms with Gasteiger partial charge >= 0.3 is 0 Å². The van der Waals surface area contributed by atoms with Gasteiger partial charge in [0.1, 0.15) is 5.69 Å². The van der Waals surface area contributed by atoms with Gasteiger partial charge in [0.25, 0.3) is 5.89 Å². The van der Waals surface area contributed by atoms with Crippen molar-refractivity contribution >= 4 is 0 Å². The molecule has 0 saturated carbocycles. The van der Waals surface area contributed by atoms with Gasteiger partial charge in [-0.1, -0.05) is 50.2 Å². The predicted molar refractivity (Wildman–Crippen MR) is 115 cm³/mol. The third kappa shape index (κ3) is 4.58. The van der Waals surface area contributed by atoms with Crippen molar-refractivity contribution in [3.8, 4) is 28.8 Å². The average Bonchev–Trinajstić information content (AvgIpc) is 3.24. The van der Waals surface area contributed by atoms with Gasteiger partial charge < -0.3 is 9.26 Å². The maximum absolute atomic E-state index is 5.88. The van der Waals surface area contributed by atoms with E-state index in [9.17, 15) is 0 Å². The van der Waals surface area contributed by atoms with Gasteiger partial charge in [-0.3, -0.25) is 4.98 Å². The molecule has 0 aliphatic heterocycles. The van der Waals surface area contributed by atoms with E-state index in [1.54, 1.807) is 18.6 Å². The van der Waals surface area contributed by atoms with E-state index in [1.807, 2.05) is 26.0 Å². The molecule has 31 heavy (non-hydrogen) atoms. The molecule has 0 spiro atoms. The molecule has 0 unspecified atom stereocenters. The van der Waals surface area contributed by atoms with Gasteiger partial charge in [0.2, 0.25) is 11.7 Å². The van der Waals surface area contributed by atoms with Gasteiger partial charge in [-0.2, -0.15) is 9.97 Å². The van der Waals surface area contributed by atoms with Gasteiger partial charge in [-0.05, 0) is 24.8 Å². The van der Waals surface area contributed by atoms with E-state index in [4.69, 9.17) is 9.26 Å². The molecule has 4 aromatic rings. The lowest BCUT2D eigenvalue weighted by Crippen LogP contribution is -2.10. The first-order valence-corrected chi connectivity index (χ1v) is 9.99. The quantitative estimate of drug-likeness (QED) is 0.470. The largest absolute Gasteiger partial charge is 0.467 e. The van der Waals surface area contributed by atoms with Crippen LogP contribution >= 0.6 is 0 Å². The monoisotopic (exact) mass is 416 g/mol. The van der Waals surface area contributed by atoms with E-state index in [2.05, 4.69) is 63.0 Å². The van der Waals surface area contributed by atoms with E-state index >= 15 is 0 Å². The predicted octanol–water partition coefficient (Wildman–Crippen LogP) is 4.48. The first kappa shape index (κ1) is 20.6. The van der Waals surface area contributed by atoms with Crippen molar-refractivity contribution in [2.45, 2.75) is 46.6 Å². The normalized spacial score (nSPS) is 11.5. The fourth-order valence-electron chi connectivity index (χ4n) is 2.95. The molecule has 0 N–H and O–H groups in total. The average molecular weight is 416 g/mol. The van der Waals surface area contributed by atoms with E-state index in [0.29, 0.717) is 29.1 Å². The van der Waals surface area contributed by atoms with Crippen LogP contribution in [0.2, 0.25) is 0 Å². The van der Waals surface area contributed by atoms with Crippen LogP contribution in [-0.4, -0.2) is 30.1 Å². The molecule has 158 valence electrons. The Kier molecular flexibility index (Phi) is 5.46. The SMILES string of the molecule is Cc1nc(-c2cnccn2)nc(OCc2nc(-c3ccc(C(C)(C)C)cc3)no2)c1C. The molecule has 0 atom stereocenters. The van der Waals surface area contributed by atoms with Crippen LogP contribution in [0.4, 0.5) is 0 Å². The van der Waals surface area contributed by atoms with Crippen LogP contribution in [0.15, 0.2) is 47.4 Å². The summed E-state index contributed by atoms with van der Waals surface area (Å²) >= 11 is 0. The number of hydrogen-bond donors (Lipinski definition) is 0. The van der Waals surface area contributed by atoms with Crippen molar-refractivity contribution in [2.75, 3.05) is 0 Å². The molecule has 0 bridgehead atoms. The highest BCUT2D eigenvalue weighted by Gasteiger charge is 2.16. The Morgan fingerprint density at radius 1 is 0.935 bits per heavy atom. The minimum Gasteiger partial charge on any atom is -0.467 e. The molecule has 4 rings (SSSR count). The Morgan fingerprint density at radius 2 is 1.71 bits per heavy atom. The van der Waals surface area contributed by atoms with Crippen molar-refractivity contribution in [3.05, 3.63) is 65.6 Å². The fourth-order valence-corrected chi connectivity index (χ4v) is 2.95. The Balaban J connectivity index is 1.51. The van der Waals surface area contributed by atoms with Crippen LogP contribution in [0.1, 0.15) is 43.5 Å². The highest BCUT2D eigenvalue weighted by molar-refractivity contribution is 5.55. The molecule has 3 heterocycles. The summed E-state index contributed by atoms with van der Waals surface area (Å²) in [5, 5.41) is 4.08. The van der Waals surface area contributed by atoms with Gasteiger partial charge in [0.15, 0.2) is 12.4 Å². The fraction of sp³-hybridized carbons (Fsp3) is 0.304. The Morgan fingerprint density at radius 3 is 2.39 bits per heavy atom. The molecule has 3 aromatic heterocycles. The molecule has 8 nitrogen and oxygen atoms in total. The molecule has 0 aliphatic carbocycles. The smallest absolute Gasteiger partial charge is 0.264 e. The van der Waals surface area contributed by atoms with Crippen LogP contribution < -0.4 is 4.74 Å². The van der Waals surface area contributed by atoms with Crippen molar-refractivity contribution in [1.82, 2.24) is 30.1 Å². The first-order chi connectivity index (χ1) is 14.8. The third-order valence-electron chi connectivity index (χ3n) is 4.95. The molecule has 1 aromatic carbocycles. The van der Waals surface area contributed by atoms with Gasteiger partial charge in [-0.25, -0.2) is 9.97 Å². The zero-order valence-electron chi connectivity index (χ0n) is 18.2. The summed E-state index contributed by atoms with van der Waals surface area (Å²) in [6.45, 7) is 10.4. The summed E-state index contributed by atoms with van der Waals surface area (Å²) in [6, 6.07) is 8.17. The number of benzene rings is 1. The molecule has 0 radical (unpaired) electrons. The van der Waals surface area contributed by atoms with Crippen LogP contribution in [-0.2, 0) is 12.0 Å². The summed E-state index contributed by atoms with van der Waals surface area (Å²) in [5.74, 6) is 1.79. The van der Waals surface area contributed by atoms with E-state index in [0.717, 1.165) is 16.8 Å². The Bertz CT molecular complexity index is 1180. The number of rotatable bonds is 5. The van der Waals surface area contributed by atoms with Crippen molar-refractivity contribution in [2.24, 2.45) is 0 Å². The standard InChI is InChI=1S/C23H24N6O2/c1-14-15(2)26-21(18-12-24-10-11-25-18)28-22(14)30-13-19-27-20(29-31-19)16-6-8-17(9-7-16)23(3,4)5/h6-12H,13H2,1-5H3. The Labute approximate surface area is 180 Å². The zero-order valence-corrected chi connectivity index (χ0v) is 18.2. The molecule has 0 saturated heterocycles. The van der Waals surface area contributed by atoms with Crippen molar-refractivity contribution in [3.63, 3.8) is 0 Å². The summed E-state index contributed by atoms with van der Waals surface area (Å²) in [6.07, 6.45) is 4.82. The molecular weight excluding hydrogens is 392 g/mol. The van der Waals surface area contributed by atoms with Crippen LogP contribution in [0.3, 0.4) is 0 Å². The van der Waals surface area contributed by atoms with Gasteiger partial charge in [-0.15, -0.1) is 0 Å². The number of ether oxygens (including phenoxy) is 1. The lowest BCUT2D eigenvalue weighted by molar-refractivity contribution is 0.234. The minimum absolute atomic E-state index is 0.0898. The van der Waals surface area contributed by atoms with Gasteiger partial charge in [0.05, 0.1) is 6.20 Å². The van der Waals surface area contributed by atoms with Gasteiger partial charge in [0, 0.05) is 29.2 Å². The van der Waals surface area contributed by atoms with E-state index in [-0.39, 0.29) is 12.0 Å². The third-order valence-corrected chi connectivity index (χ3v) is 4.95. The lowest BCUT2D eigenvalue weighted by atomic mass is 9.87. The van der Waals surface area contributed by atoms with Crippen LogP contribution in [0.5, 0.6) is 5.88 Å². The second kappa shape index (κ2) is 8.22. The molecule has 8 heteroatoms. The molecule has 0 aliphatic rings. The van der Waals surface area contributed by atoms with Crippen LogP contribution in [0, 0.1) is 13.8 Å². The van der Waals surface area contributed by atoms with E-state index in [1.165, 1.54) is 5.56 Å². The second-order valence-corrected chi connectivity index (χ2v) is 8.28. The first-order valence-electron chi connectivity index (χ1n) is 9.99. The summed E-state index contributed by atoms with van der Waals surface area (Å²) in [7, 11) is 0. The van der Waals surface area contributed by atoms with Crippen molar-refractivity contribution < 1.29 is 9.26 Å². The maximum Gasteiger partial charge on any atom is 0.264 e. The number of aryl methyl sites for hydroxylation is 1. The highest BCUT2D eigenvalue weighted by atomic mass is 16.5. The topological polar surface area (TPSA) is 99.7 Å².